The van der Waals surface area contributed by atoms with Crippen LogP contribution < -0.4 is 10.5 Å². The van der Waals surface area contributed by atoms with Crippen molar-refractivity contribution >= 4 is 134 Å². The van der Waals surface area contributed by atoms with Crippen molar-refractivity contribution in [1.82, 2.24) is 4.72 Å². The van der Waals surface area contributed by atoms with Gasteiger partial charge in [-0.2, -0.15) is 42.1 Å². The summed E-state index contributed by atoms with van der Waals surface area (Å²) >= 11 is 0. The summed E-state index contributed by atoms with van der Waals surface area (Å²) in [4.78, 5) is 14.5. The molecule has 0 fully saturated rings. The minimum atomic E-state index is -5.71. The van der Waals surface area contributed by atoms with Gasteiger partial charge in [0.2, 0.25) is 10.0 Å². The molecule has 0 aliphatic carbocycles. The summed E-state index contributed by atoms with van der Waals surface area (Å²) in [5.41, 5.74) is -2.73. The fourth-order valence-electron chi connectivity index (χ4n) is 6.40. The highest BCUT2D eigenvalue weighted by atomic mass is 32.2. The number of sulfonamides is 1. The number of phenolic OH excluding ortho intramolecular Hbond substituents is 2. The van der Waals surface area contributed by atoms with Crippen LogP contribution in [0.2, 0.25) is 0 Å². The smallest absolute Gasteiger partial charge is 0.338 e. The van der Waals surface area contributed by atoms with E-state index in [1.54, 1.807) is 0 Å². The summed E-state index contributed by atoms with van der Waals surface area (Å²) in [5.74, 6) is -4.65. The number of non-ortho nitro benzene ring substituents is 1. The number of nitro benzene ring substituents is 1. The Kier molecular flexibility index (Phi) is 13.8. The zero-order chi connectivity index (χ0) is 54.0. The zero-order valence-electron chi connectivity index (χ0n) is 34.7. The van der Waals surface area contributed by atoms with Gasteiger partial charge in [-0.05, 0) is 61.6 Å². The van der Waals surface area contributed by atoms with Gasteiger partial charge in [-0.1, -0.05) is 0 Å². The topological polar surface area (TPSA) is 539 Å². The summed E-state index contributed by atoms with van der Waals surface area (Å²) in [5, 5.41) is 60.9. The first-order valence-electron chi connectivity index (χ1n) is 18.2. The molecule has 6 aromatic rings. The average Bonchev–Trinajstić information content (AvgIpc) is 3.25. The normalized spacial score (nSPS) is 13.2. The van der Waals surface area contributed by atoms with Crippen molar-refractivity contribution in [2.45, 2.75) is 29.4 Å². The highest BCUT2D eigenvalue weighted by Gasteiger charge is 2.31. The molecule has 6 rings (SSSR count). The van der Waals surface area contributed by atoms with Gasteiger partial charge in [0.1, 0.15) is 58.6 Å². The monoisotopic (exact) mass is 1120 g/mol. The largest absolute Gasteiger partial charge is 0.505 e. The molecule has 0 bridgehead atoms. The van der Waals surface area contributed by atoms with Gasteiger partial charge >= 0.3 is 5.97 Å². The Bertz CT molecular complexity index is 4220. The highest BCUT2D eigenvalue weighted by Crippen LogP contribution is 2.50. The average molecular weight is 1120 g/mol. The number of nitrogen functional groups attached to an aromatic ring is 1. The number of nitrogens with zero attached hydrogens (tertiary/aromatic N) is 7. The minimum Gasteiger partial charge on any atom is -0.505 e. The number of hydrogen-bond acceptors (Lipinski definition) is 24. The number of azo groups is 3. The molecule has 0 spiro atoms. The maximum atomic E-state index is 13.0. The minimum absolute atomic E-state index is 0.254. The second-order valence-corrected chi connectivity index (χ2v) is 22.8. The predicted molar refractivity (Wildman–Crippen MR) is 240 cm³/mol. The number of carboxylic acids is 1. The van der Waals surface area contributed by atoms with E-state index in [2.05, 4.69) is 30.7 Å². The van der Waals surface area contributed by atoms with Crippen LogP contribution in [-0.2, 0) is 60.6 Å². The Morgan fingerprint density at radius 2 is 1.04 bits per heavy atom. The van der Waals surface area contributed by atoms with Crippen LogP contribution in [0.4, 0.5) is 45.5 Å². The fourth-order valence-corrected chi connectivity index (χ4v) is 10.6. The van der Waals surface area contributed by atoms with Crippen LogP contribution in [0.5, 0.6) is 11.5 Å². The Labute approximate surface area is 401 Å². The summed E-state index contributed by atoms with van der Waals surface area (Å²) in [6.07, 6.45) is 0. The van der Waals surface area contributed by atoms with E-state index in [1.807, 2.05) is 4.72 Å². The number of aromatic hydroxyl groups is 2. The summed E-state index contributed by atoms with van der Waals surface area (Å²) in [6.45, 7) is 0. The van der Waals surface area contributed by atoms with Gasteiger partial charge in [-0.3, -0.25) is 32.9 Å². The van der Waals surface area contributed by atoms with Crippen LogP contribution in [-0.4, -0.2) is 107 Å². The number of carboxylic acid groups (broad SMARTS) is 1. The van der Waals surface area contributed by atoms with Crippen molar-refractivity contribution in [2.75, 3.05) is 12.8 Å². The van der Waals surface area contributed by atoms with Gasteiger partial charge < -0.3 is 21.1 Å². The van der Waals surface area contributed by atoms with Crippen LogP contribution in [0, 0.1) is 10.1 Å². The third-order valence-corrected chi connectivity index (χ3v) is 15.4. The Balaban J connectivity index is 1.59. The number of nitrogens with one attached hydrogen (secondary N) is 1. The lowest BCUT2D eigenvalue weighted by Crippen LogP contribution is -2.19. The van der Waals surface area contributed by atoms with Gasteiger partial charge in [0.25, 0.3) is 56.3 Å². The van der Waals surface area contributed by atoms with Crippen molar-refractivity contribution < 1.29 is 98.3 Å². The van der Waals surface area contributed by atoms with E-state index >= 15 is 0 Å². The van der Waals surface area contributed by atoms with Crippen LogP contribution in [0.1, 0.15) is 10.4 Å². The third kappa shape index (κ3) is 10.5. The number of aromatic carboxylic acids is 1. The summed E-state index contributed by atoms with van der Waals surface area (Å²) in [6, 6.07) is 6.19. The lowest BCUT2D eigenvalue weighted by Gasteiger charge is -2.15. The van der Waals surface area contributed by atoms with Gasteiger partial charge in [0, 0.05) is 28.3 Å². The molecule has 0 atom stereocenters. The summed E-state index contributed by atoms with van der Waals surface area (Å²) < 4.78 is 203. The van der Waals surface area contributed by atoms with Crippen LogP contribution in [0.3, 0.4) is 0 Å². The molecular formula is C34H25N9O23S6. The molecule has 72 heavy (non-hydrogen) atoms. The second kappa shape index (κ2) is 18.5. The third-order valence-electron chi connectivity index (χ3n) is 9.56. The molecule has 0 radical (unpaired) electrons. The number of anilines is 1. The number of benzene rings is 6. The molecule has 32 nitrogen and oxygen atoms in total. The summed E-state index contributed by atoms with van der Waals surface area (Å²) in [7, 11) is -31.2. The number of phenols is 2. The van der Waals surface area contributed by atoms with Crippen molar-refractivity contribution in [3.05, 3.63) is 82.4 Å². The molecule has 6 aromatic carbocycles. The molecule has 380 valence electrons. The number of hydrogen-bond donors (Lipinski definition) is 10. The first-order chi connectivity index (χ1) is 33.0. The number of carbonyl (C=O) groups is 1. The van der Waals surface area contributed by atoms with Gasteiger partial charge in [-0.15, -0.1) is 30.7 Å². The zero-order valence-corrected chi connectivity index (χ0v) is 39.6. The molecular weight excluding hydrogens is 1090 g/mol. The lowest BCUT2D eigenvalue weighted by molar-refractivity contribution is -0.385. The van der Waals surface area contributed by atoms with E-state index in [4.69, 9.17) is 5.73 Å². The van der Waals surface area contributed by atoms with Crippen molar-refractivity contribution in [3.63, 3.8) is 0 Å². The number of nitrogens with two attached hydrogens (primary N) is 1. The Morgan fingerprint density at radius 1 is 0.556 bits per heavy atom. The first kappa shape index (κ1) is 53.7. The lowest BCUT2D eigenvalue weighted by atomic mass is 10.0. The van der Waals surface area contributed by atoms with Crippen molar-refractivity contribution in [3.8, 4) is 11.5 Å². The Morgan fingerprint density at radius 3 is 1.56 bits per heavy atom. The SMILES string of the molecule is CNS(=O)(=O)c1ccc(N=Nc2c(S(=O)(=O)O)cc3c(S(=O)(=O)O)c(N=Nc4cc(S(=O)(=O)O)c5cc(S(=O)(=O)O)c(N=Nc6ccc([N+](=O)[O-])cc6S(=O)(=O)O)c(O)c5c4N)ccc3c2O)c(C(=O)O)c1. The van der Waals surface area contributed by atoms with Crippen molar-refractivity contribution in [2.24, 2.45) is 30.7 Å². The van der Waals surface area contributed by atoms with E-state index in [0.29, 0.717) is 42.5 Å². The quantitative estimate of drug-likeness (QED) is 0.0213. The predicted octanol–water partition coefficient (Wildman–Crippen LogP) is 4.98. The molecule has 0 aliphatic rings. The number of rotatable bonds is 15. The van der Waals surface area contributed by atoms with Crippen LogP contribution in [0.15, 0.2) is 127 Å². The molecule has 11 N–H and O–H groups in total. The van der Waals surface area contributed by atoms with Gasteiger partial charge in [0.15, 0.2) is 11.5 Å². The second-order valence-electron chi connectivity index (χ2n) is 14.0. The molecule has 38 heteroatoms. The van der Waals surface area contributed by atoms with Crippen molar-refractivity contribution in [1.29, 1.82) is 0 Å². The maximum Gasteiger partial charge on any atom is 0.338 e. The molecule has 0 unspecified atom stereocenters. The van der Waals surface area contributed by atoms with Gasteiger partial charge in [-0.25, -0.2) is 17.9 Å². The molecule has 0 saturated heterocycles. The van der Waals surface area contributed by atoms with E-state index in [1.165, 1.54) is 0 Å². The number of nitro groups is 1. The Hall–Kier alpha value is -7.63. The number of fused-ring (bicyclic) bond motifs is 2. The molecule has 0 aromatic heterocycles. The van der Waals surface area contributed by atoms with Crippen LogP contribution >= 0.6 is 0 Å². The van der Waals surface area contributed by atoms with E-state index < -0.39 is 185 Å². The standard InChI is InChI=1S/C34H25N9O23S6/c1-36-67(50,51)14-3-6-19(17(9-14)34(46)47)37-41-29-25(70(58,59)60)10-16-15(31(29)44)4-7-21(33(16)72(64,65)66)39-40-22-12-23(68(52,53)54)18-11-26(71(61,62)63)30(32(45)27(18)28(22)35)42-38-20-5-2-13(43(48)49)8-24(20)69(55,56)57/h2-12,36,44-45H,35H2,1H3,(H,46,47)(H,52,53,54)(H,55,56,57)(H,58,59,60)(H,61,62,63)(H,64,65,66). The van der Waals surface area contributed by atoms with Crippen LogP contribution in [0.25, 0.3) is 21.5 Å². The maximum absolute atomic E-state index is 13.0. The molecule has 0 heterocycles. The van der Waals surface area contributed by atoms with E-state index in [-0.39, 0.29) is 6.07 Å². The highest BCUT2D eigenvalue weighted by molar-refractivity contribution is 7.89. The van der Waals surface area contributed by atoms with E-state index in [9.17, 15) is 103 Å². The first-order valence-corrected chi connectivity index (χ1v) is 26.8. The molecule has 0 aliphatic heterocycles. The van der Waals surface area contributed by atoms with Gasteiger partial charge in [0.05, 0.1) is 26.5 Å². The van der Waals surface area contributed by atoms with E-state index in [0.717, 1.165) is 25.2 Å². The molecule has 0 amide bonds. The molecule has 0 saturated carbocycles. The fraction of sp³-hybridized carbons (Fsp3) is 0.0294.